The van der Waals surface area contributed by atoms with Gasteiger partial charge in [-0.25, -0.2) is 9.59 Å². The number of benzene rings is 2. The molecule has 3 rings (SSSR count). The fourth-order valence-electron chi connectivity index (χ4n) is 3.69. The van der Waals surface area contributed by atoms with Gasteiger partial charge >= 0.3 is 12.1 Å². The molecule has 1 unspecified atom stereocenters. The van der Waals surface area contributed by atoms with E-state index >= 15 is 0 Å². The van der Waals surface area contributed by atoms with Crippen molar-refractivity contribution in [3.63, 3.8) is 0 Å². The lowest BCUT2D eigenvalue weighted by molar-refractivity contribution is -0.139. The number of carboxylic acid groups (broad SMARTS) is 1. The van der Waals surface area contributed by atoms with Crippen LogP contribution in [0.3, 0.4) is 0 Å². The summed E-state index contributed by atoms with van der Waals surface area (Å²) in [7, 11) is 0. The highest BCUT2D eigenvalue weighted by Crippen LogP contribution is 2.44. The molecule has 0 bridgehead atoms. The van der Waals surface area contributed by atoms with Gasteiger partial charge in [-0.2, -0.15) is 0 Å². The van der Waals surface area contributed by atoms with Crippen molar-refractivity contribution in [1.29, 1.82) is 0 Å². The number of amides is 1. The molecule has 1 amide bonds. The van der Waals surface area contributed by atoms with Gasteiger partial charge in [0.25, 0.3) is 0 Å². The van der Waals surface area contributed by atoms with Gasteiger partial charge in [-0.15, -0.1) is 0 Å². The zero-order valence-corrected chi connectivity index (χ0v) is 16.3. The second-order valence-corrected chi connectivity index (χ2v) is 7.06. The third kappa shape index (κ3) is 4.89. The smallest absolute Gasteiger partial charge is 0.407 e. The molecule has 0 heterocycles. The van der Waals surface area contributed by atoms with Crippen LogP contribution in [0.4, 0.5) is 4.79 Å². The topological polar surface area (TPSA) is 150 Å². The molecule has 1 aliphatic carbocycles. The summed E-state index contributed by atoms with van der Waals surface area (Å²) in [5, 5.41) is 15.1. The number of nitrogens with two attached hydrogens (primary N) is 1. The number of carbonyl (C=O) groups excluding carboxylic acids is 1. The van der Waals surface area contributed by atoms with E-state index in [1.54, 1.807) is 0 Å². The predicted octanol–water partition coefficient (Wildman–Crippen LogP) is 3.74. The molecule has 0 saturated heterocycles. The number of azide groups is 1. The maximum atomic E-state index is 12.3. The minimum atomic E-state index is -1.17. The SMILES string of the molecule is [N-]=[N+]=NC(N)CCC[C@@H](NC(=O)OCC1c2ccccc2-c2ccccc21)C(=O)O. The van der Waals surface area contributed by atoms with Gasteiger partial charge in [-0.05, 0) is 47.0 Å². The van der Waals surface area contributed by atoms with Crippen LogP contribution in [0.1, 0.15) is 36.3 Å². The molecule has 0 radical (unpaired) electrons. The highest BCUT2D eigenvalue weighted by Gasteiger charge is 2.29. The Hall–Kier alpha value is -3.55. The number of carboxylic acids is 1. The van der Waals surface area contributed by atoms with Crippen molar-refractivity contribution < 1.29 is 19.4 Å². The third-order valence-corrected chi connectivity index (χ3v) is 5.13. The van der Waals surface area contributed by atoms with E-state index in [9.17, 15) is 14.7 Å². The van der Waals surface area contributed by atoms with Gasteiger partial charge in [0.2, 0.25) is 0 Å². The van der Waals surface area contributed by atoms with Crippen molar-refractivity contribution in [3.8, 4) is 11.1 Å². The number of nitrogens with one attached hydrogen (secondary N) is 1. The van der Waals surface area contributed by atoms with Crippen molar-refractivity contribution in [2.45, 2.75) is 37.4 Å². The van der Waals surface area contributed by atoms with E-state index in [0.29, 0.717) is 12.8 Å². The molecule has 0 spiro atoms. The van der Waals surface area contributed by atoms with Gasteiger partial charge in [0.15, 0.2) is 0 Å². The lowest BCUT2D eigenvalue weighted by atomic mass is 9.98. The predicted molar refractivity (Wildman–Crippen MR) is 111 cm³/mol. The summed E-state index contributed by atoms with van der Waals surface area (Å²) in [6.45, 7) is 0.105. The number of fused-ring (bicyclic) bond motifs is 3. The number of aliphatic carboxylic acids is 1. The minimum absolute atomic E-state index is 0.103. The normalized spacial score (nSPS) is 14.0. The molecule has 2 aromatic carbocycles. The van der Waals surface area contributed by atoms with Crippen molar-refractivity contribution in [3.05, 3.63) is 70.1 Å². The highest BCUT2D eigenvalue weighted by atomic mass is 16.5. The van der Waals surface area contributed by atoms with Crippen LogP contribution in [0, 0.1) is 0 Å². The summed E-state index contributed by atoms with van der Waals surface area (Å²) < 4.78 is 5.38. The second-order valence-electron chi connectivity index (χ2n) is 7.06. The van der Waals surface area contributed by atoms with Crippen LogP contribution in [0.5, 0.6) is 0 Å². The van der Waals surface area contributed by atoms with Crippen LogP contribution in [-0.4, -0.2) is 36.0 Å². The molecule has 0 aromatic heterocycles. The maximum Gasteiger partial charge on any atom is 0.407 e. The molecule has 156 valence electrons. The summed E-state index contributed by atoms with van der Waals surface area (Å²) in [5.41, 5.74) is 18.3. The Labute approximate surface area is 173 Å². The van der Waals surface area contributed by atoms with Gasteiger partial charge in [0.1, 0.15) is 12.6 Å². The third-order valence-electron chi connectivity index (χ3n) is 5.13. The number of nitrogens with zero attached hydrogens (tertiary/aromatic N) is 3. The van der Waals surface area contributed by atoms with Gasteiger partial charge in [0, 0.05) is 10.8 Å². The van der Waals surface area contributed by atoms with Gasteiger partial charge in [-0.1, -0.05) is 53.6 Å². The Balaban J connectivity index is 1.58. The Kier molecular flexibility index (Phi) is 6.90. The zero-order chi connectivity index (χ0) is 21.5. The van der Waals surface area contributed by atoms with Crippen LogP contribution in [0.25, 0.3) is 21.6 Å². The molecule has 1 aliphatic rings. The van der Waals surface area contributed by atoms with Crippen molar-refractivity contribution in [2.24, 2.45) is 10.8 Å². The van der Waals surface area contributed by atoms with E-state index < -0.39 is 24.3 Å². The lowest BCUT2D eigenvalue weighted by Crippen LogP contribution is -2.41. The van der Waals surface area contributed by atoms with Gasteiger partial charge in [0.05, 0.1) is 6.17 Å². The van der Waals surface area contributed by atoms with E-state index in [0.717, 1.165) is 22.3 Å². The molecule has 4 N–H and O–H groups in total. The molecular weight excluding hydrogens is 386 g/mol. The Morgan fingerprint density at radius 2 is 1.73 bits per heavy atom. The molecular formula is C21H23N5O4. The average molecular weight is 409 g/mol. The average Bonchev–Trinajstić information content (AvgIpc) is 3.05. The highest BCUT2D eigenvalue weighted by molar-refractivity contribution is 5.81. The monoisotopic (exact) mass is 409 g/mol. The van der Waals surface area contributed by atoms with E-state index in [2.05, 4.69) is 15.3 Å². The lowest BCUT2D eigenvalue weighted by Gasteiger charge is -2.17. The van der Waals surface area contributed by atoms with Crippen LogP contribution >= 0.6 is 0 Å². The van der Waals surface area contributed by atoms with Crippen molar-refractivity contribution in [1.82, 2.24) is 5.32 Å². The summed E-state index contributed by atoms with van der Waals surface area (Å²) in [6, 6.07) is 14.8. The van der Waals surface area contributed by atoms with Crippen LogP contribution in [0.15, 0.2) is 53.6 Å². The van der Waals surface area contributed by atoms with E-state index in [1.165, 1.54) is 0 Å². The number of ether oxygens (including phenoxy) is 1. The van der Waals surface area contributed by atoms with Gasteiger partial charge < -0.3 is 20.9 Å². The van der Waals surface area contributed by atoms with Crippen molar-refractivity contribution >= 4 is 12.1 Å². The second kappa shape index (κ2) is 9.78. The summed E-state index contributed by atoms with van der Waals surface area (Å²) in [5.74, 6) is -1.27. The first kappa shape index (κ1) is 21.2. The molecule has 2 aromatic rings. The molecule has 0 aliphatic heterocycles. The van der Waals surface area contributed by atoms with Crippen molar-refractivity contribution in [2.75, 3.05) is 6.61 Å². The molecule has 2 atom stereocenters. The Bertz CT molecular complexity index is 928. The molecule has 0 saturated carbocycles. The van der Waals surface area contributed by atoms with Gasteiger partial charge in [-0.3, -0.25) is 0 Å². The summed E-state index contributed by atoms with van der Waals surface area (Å²) in [4.78, 5) is 26.3. The minimum Gasteiger partial charge on any atom is -0.480 e. The fourth-order valence-corrected chi connectivity index (χ4v) is 3.69. The first-order valence-electron chi connectivity index (χ1n) is 9.65. The van der Waals surface area contributed by atoms with Crippen LogP contribution in [0.2, 0.25) is 0 Å². The summed E-state index contributed by atoms with van der Waals surface area (Å²) in [6.07, 6.45) is -0.669. The summed E-state index contributed by atoms with van der Waals surface area (Å²) >= 11 is 0. The number of hydrogen-bond acceptors (Lipinski definition) is 5. The van der Waals surface area contributed by atoms with Crippen LogP contribution < -0.4 is 11.1 Å². The number of rotatable bonds is 9. The van der Waals surface area contributed by atoms with Crippen LogP contribution in [-0.2, 0) is 9.53 Å². The Morgan fingerprint density at radius 1 is 1.13 bits per heavy atom. The molecule has 0 fully saturated rings. The standard InChI is InChI=1S/C21H23N5O4/c22-19(25-26-23)11-5-10-18(20(27)28)24-21(29)30-12-17-15-8-3-1-6-13(15)14-7-2-4-9-16(14)17/h1-4,6-9,17-19H,5,10-12,22H2,(H,24,29)(H,27,28)/t18-,19?/m1/s1. The van der Waals surface area contributed by atoms with E-state index in [1.807, 2.05) is 48.5 Å². The molecule has 9 heteroatoms. The first-order chi connectivity index (χ1) is 14.5. The zero-order valence-electron chi connectivity index (χ0n) is 16.3. The number of hydrogen-bond donors (Lipinski definition) is 3. The maximum absolute atomic E-state index is 12.3. The first-order valence-corrected chi connectivity index (χ1v) is 9.65. The largest absolute Gasteiger partial charge is 0.480 e. The fraction of sp³-hybridized carbons (Fsp3) is 0.333. The molecule has 9 nitrogen and oxygen atoms in total. The molecule has 30 heavy (non-hydrogen) atoms. The van der Waals surface area contributed by atoms with E-state index in [4.69, 9.17) is 16.0 Å². The quantitative estimate of drug-likeness (QED) is 0.327. The van der Waals surface area contributed by atoms with E-state index in [-0.39, 0.29) is 18.9 Å². The number of alkyl carbamates (subject to hydrolysis) is 1. The number of carbonyl (C=O) groups is 2. The Morgan fingerprint density at radius 3 is 2.30 bits per heavy atom.